The number of carbonyl (C=O) groups is 2. The van der Waals surface area contributed by atoms with Crippen LogP contribution in [-0.4, -0.2) is 28.6 Å². The quantitative estimate of drug-likeness (QED) is 0.518. The predicted octanol–water partition coefficient (Wildman–Crippen LogP) is 4.89. The van der Waals surface area contributed by atoms with Crippen molar-refractivity contribution in [3.8, 4) is 5.75 Å². The second-order valence-electron chi connectivity index (χ2n) is 7.97. The summed E-state index contributed by atoms with van der Waals surface area (Å²) in [6.07, 6.45) is -0.0870. The molecule has 0 fully saturated rings. The molecule has 0 saturated carbocycles. The Kier molecular flexibility index (Phi) is 7.97. The van der Waals surface area contributed by atoms with Crippen molar-refractivity contribution in [2.45, 2.75) is 46.3 Å². The molecule has 0 aromatic heterocycles. The van der Waals surface area contributed by atoms with Crippen molar-refractivity contribution >= 4 is 50.8 Å². The van der Waals surface area contributed by atoms with Gasteiger partial charge in [-0.3, -0.25) is 14.9 Å². The van der Waals surface area contributed by atoms with E-state index < -0.39 is 5.91 Å². The molecule has 160 valence electrons. The van der Waals surface area contributed by atoms with E-state index in [2.05, 4.69) is 31.9 Å². The number of nitrogens with one attached hydrogen (secondary N) is 3. The summed E-state index contributed by atoms with van der Waals surface area (Å²) in [5.74, 6) is -0.195. The molecule has 8 heteroatoms. The van der Waals surface area contributed by atoms with Crippen LogP contribution in [0.2, 0.25) is 0 Å². The van der Waals surface area contributed by atoms with E-state index >= 15 is 0 Å². The minimum Gasteiger partial charge on any atom is -0.490 e. The molecule has 0 heterocycles. The maximum Gasteiger partial charge on any atom is 0.261 e. The average Bonchev–Trinajstić information content (AvgIpc) is 2.61. The molecule has 0 aliphatic carbocycles. The topological polar surface area (TPSA) is 79.5 Å². The molecule has 0 radical (unpaired) electrons. The lowest BCUT2D eigenvalue weighted by Crippen LogP contribution is -2.41. The minimum absolute atomic E-state index is 0.0754. The molecule has 30 heavy (non-hydrogen) atoms. The van der Waals surface area contributed by atoms with Gasteiger partial charge in [-0.25, -0.2) is 0 Å². The van der Waals surface area contributed by atoms with Gasteiger partial charge in [0.25, 0.3) is 11.8 Å². The van der Waals surface area contributed by atoms with Crippen molar-refractivity contribution in [2.75, 3.05) is 5.32 Å². The molecule has 0 spiro atoms. The van der Waals surface area contributed by atoms with Crippen LogP contribution in [0.3, 0.4) is 0 Å². The second-order valence-corrected chi connectivity index (χ2v) is 9.29. The number of halogens is 1. The van der Waals surface area contributed by atoms with Crippen LogP contribution in [0, 0.1) is 0 Å². The van der Waals surface area contributed by atoms with E-state index in [9.17, 15) is 9.59 Å². The van der Waals surface area contributed by atoms with Crippen LogP contribution in [0.15, 0.2) is 46.9 Å². The first-order chi connectivity index (χ1) is 14.0. The highest BCUT2D eigenvalue weighted by Crippen LogP contribution is 2.24. The molecule has 2 amide bonds. The highest BCUT2D eigenvalue weighted by atomic mass is 79.9. The molecule has 0 aliphatic heterocycles. The van der Waals surface area contributed by atoms with Crippen molar-refractivity contribution < 1.29 is 14.3 Å². The largest absolute Gasteiger partial charge is 0.490 e. The molecule has 2 rings (SSSR count). The maximum atomic E-state index is 12.8. The molecular weight excluding hydrogens is 466 g/mol. The minimum atomic E-state index is -0.416. The van der Waals surface area contributed by atoms with Crippen LogP contribution >= 0.6 is 28.1 Å². The highest BCUT2D eigenvalue weighted by Gasteiger charge is 2.19. The smallest absolute Gasteiger partial charge is 0.261 e. The number of ether oxygens (including phenoxy) is 1. The summed E-state index contributed by atoms with van der Waals surface area (Å²) in [6, 6.07) is 12.2. The number of rotatable bonds is 5. The van der Waals surface area contributed by atoms with E-state index in [-0.39, 0.29) is 22.7 Å². The Morgan fingerprint density at radius 2 is 1.70 bits per heavy atom. The van der Waals surface area contributed by atoms with Crippen molar-refractivity contribution in [1.29, 1.82) is 0 Å². The number of hydrogen-bond donors (Lipinski definition) is 3. The first kappa shape index (κ1) is 23.8. The summed E-state index contributed by atoms with van der Waals surface area (Å²) in [6.45, 7) is 9.48. The van der Waals surface area contributed by atoms with Gasteiger partial charge in [-0.1, -0.05) is 28.1 Å². The van der Waals surface area contributed by atoms with E-state index in [1.54, 1.807) is 42.5 Å². The van der Waals surface area contributed by atoms with Gasteiger partial charge in [0.1, 0.15) is 5.75 Å². The Bertz CT molecular complexity index is 955. The lowest BCUT2D eigenvalue weighted by atomic mass is 10.1. The Labute approximate surface area is 190 Å². The SMILES string of the molecule is CC(C)Oc1ccc(Br)cc1C(=O)NC(=S)Nc1ccccc1C(=O)NC(C)(C)C. The van der Waals surface area contributed by atoms with E-state index in [1.165, 1.54) is 0 Å². The fourth-order valence-corrected chi connectivity index (χ4v) is 3.12. The first-order valence-corrected chi connectivity index (χ1v) is 10.7. The molecule has 2 aromatic rings. The molecule has 2 aromatic carbocycles. The predicted molar refractivity (Wildman–Crippen MR) is 127 cm³/mol. The first-order valence-electron chi connectivity index (χ1n) is 9.46. The molecule has 0 unspecified atom stereocenters. The number of thiocarbonyl (C=S) groups is 1. The van der Waals surface area contributed by atoms with Gasteiger partial charge >= 0.3 is 0 Å². The molecule has 6 nitrogen and oxygen atoms in total. The van der Waals surface area contributed by atoms with Crippen molar-refractivity contribution in [1.82, 2.24) is 10.6 Å². The lowest BCUT2D eigenvalue weighted by molar-refractivity contribution is 0.0919. The third-order valence-corrected chi connectivity index (χ3v) is 4.38. The third-order valence-electron chi connectivity index (χ3n) is 3.68. The van der Waals surface area contributed by atoms with Gasteiger partial charge in [0.2, 0.25) is 0 Å². The highest BCUT2D eigenvalue weighted by molar-refractivity contribution is 9.10. The zero-order valence-corrected chi connectivity index (χ0v) is 20.0. The molecule has 0 bridgehead atoms. The van der Waals surface area contributed by atoms with Gasteiger partial charge < -0.3 is 15.4 Å². The van der Waals surface area contributed by atoms with Gasteiger partial charge in [-0.15, -0.1) is 0 Å². The van der Waals surface area contributed by atoms with E-state index in [0.717, 1.165) is 4.47 Å². The van der Waals surface area contributed by atoms with Crippen LogP contribution in [0.4, 0.5) is 5.69 Å². The number of benzene rings is 2. The van der Waals surface area contributed by atoms with Crippen molar-refractivity contribution in [3.63, 3.8) is 0 Å². The molecule has 0 atom stereocenters. The van der Waals surface area contributed by atoms with Crippen molar-refractivity contribution in [2.24, 2.45) is 0 Å². The lowest BCUT2D eigenvalue weighted by Gasteiger charge is -2.22. The van der Waals surface area contributed by atoms with Gasteiger partial charge in [0.15, 0.2) is 5.11 Å². The second kappa shape index (κ2) is 10.0. The van der Waals surface area contributed by atoms with Crippen LogP contribution in [0.25, 0.3) is 0 Å². The molecule has 3 N–H and O–H groups in total. The Balaban J connectivity index is 2.17. The summed E-state index contributed by atoms with van der Waals surface area (Å²) >= 11 is 8.68. The Morgan fingerprint density at radius 1 is 1.03 bits per heavy atom. The van der Waals surface area contributed by atoms with Crippen LogP contribution in [0.5, 0.6) is 5.75 Å². The standard InChI is InChI=1S/C22H26BrN3O3S/c1-13(2)29-18-11-10-14(23)12-16(18)19(27)25-21(30)24-17-9-7-6-8-15(17)20(28)26-22(3,4)5/h6-13H,1-5H3,(H,26,28)(H2,24,25,27,30). The average molecular weight is 492 g/mol. The summed E-state index contributed by atoms with van der Waals surface area (Å²) in [7, 11) is 0. The van der Waals surface area contributed by atoms with Crippen LogP contribution in [-0.2, 0) is 0 Å². The fourth-order valence-electron chi connectivity index (χ4n) is 2.56. The number of amides is 2. The Hall–Kier alpha value is -2.45. The van der Waals surface area contributed by atoms with Gasteiger partial charge in [0.05, 0.1) is 22.9 Å². The van der Waals surface area contributed by atoms with E-state index in [4.69, 9.17) is 17.0 Å². The van der Waals surface area contributed by atoms with Crippen LogP contribution in [0.1, 0.15) is 55.3 Å². The van der Waals surface area contributed by atoms with Gasteiger partial charge in [-0.05, 0) is 77.2 Å². The monoisotopic (exact) mass is 491 g/mol. The fraction of sp³-hybridized carbons (Fsp3) is 0.318. The zero-order valence-electron chi connectivity index (χ0n) is 17.6. The number of para-hydroxylation sites is 1. The van der Waals surface area contributed by atoms with Gasteiger partial charge in [0, 0.05) is 10.0 Å². The van der Waals surface area contributed by atoms with Gasteiger partial charge in [-0.2, -0.15) is 0 Å². The van der Waals surface area contributed by atoms with Crippen LogP contribution < -0.4 is 20.7 Å². The number of carbonyl (C=O) groups excluding carboxylic acids is 2. The maximum absolute atomic E-state index is 12.8. The summed E-state index contributed by atoms with van der Waals surface area (Å²) in [5, 5.41) is 8.58. The Morgan fingerprint density at radius 3 is 2.33 bits per heavy atom. The summed E-state index contributed by atoms with van der Waals surface area (Å²) in [4.78, 5) is 25.4. The number of hydrogen-bond acceptors (Lipinski definition) is 4. The molecule has 0 saturated heterocycles. The number of anilines is 1. The normalized spacial score (nSPS) is 11.0. The summed E-state index contributed by atoms with van der Waals surface area (Å²) in [5.41, 5.74) is 0.889. The van der Waals surface area contributed by atoms with E-state index in [0.29, 0.717) is 22.6 Å². The summed E-state index contributed by atoms with van der Waals surface area (Å²) < 4.78 is 6.46. The zero-order chi connectivity index (χ0) is 22.5. The third kappa shape index (κ3) is 7.11. The van der Waals surface area contributed by atoms with E-state index in [1.807, 2.05) is 34.6 Å². The molecule has 0 aliphatic rings. The van der Waals surface area contributed by atoms with Crippen molar-refractivity contribution in [3.05, 3.63) is 58.1 Å². The molecular formula is C22H26BrN3O3S.